The van der Waals surface area contributed by atoms with Crippen LogP contribution in [0.25, 0.3) is 0 Å². The highest BCUT2D eigenvalue weighted by atomic mass is 19.4. The van der Waals surface area contributed by atoms with Gasteiger partial charge in [-0.15, -0.1) is 0 Å². The van der Waals surface area contributed by atoms with Gasteiger partial charge in [0.25, 0.3) is 11.5 Å². The summed E-state index contributed by atoms with van der Waals surface area (Å²) >= 11 is 0. The number of carbonyl (C=O) groups excluding carboxylic acids is 1. The Balaban J connectivity index is 1.85. The number of nitrogens with zero attached hydrogens (tertiary/aromatic N) is 2. The molecule has 0 bridgehead atoms. The van der Waals surface area contributed by atoms with Crippen LogP contribution in [0.2, 0.25) is 0 Å². The van der Waals surface area contributed by atoms with Gasteiger partial charge in [0.05, 0.1) is 6.54 Å². The first-order chi connectivity index (χ1) is 12.3. The van der Waals surface area contributed by atoms with Crippen molar-refractivity contribution in [2.24, 2.45) is 0 Å². The zero-order valence-corrected chi connectivity index (χ0v) is 13.8. The summed E-state index contributed by atoms with van der Waals surface area (Å²) in [6, 6.07) is 11.7. The van der Waals surface area contributed by atoms with E-state index in [1.165, 1.54) is 16.8 Å². The zero-order valence-electron chi connectivity index (χ0n) is 13.8. The number of alkyl halides is 3. The topological polar surface area (TPSA) is 73.2 Å². The number of hydrogen-bond donors (Lipinski definition) is 1. The molecule has 9 heteroatoms. The van der Waals surface area contributed by atoms with E-state index in [1.807, 2.05) is 30.3 Å². The minimum Gasteiger partial charge on any atom is -0.372 e. The molecule has 1 amide bonds. The molecule has 0 atom stereocenters. The molecule has 0 fully saturated rings. The van der Waals surface area contributed by atoms with Crippen LogP contribution in [-0.4, -0.2) is 41.6 Å². The van der Waals surface area contributed by atoms with Crippen LogP contribution in [0.15, 0.2) is 47.3 Å². The maximum atomic E-state index is 12.0. The Morgan fingerprint density at radius 1 is 1.15 bits per heavy atom. The number of rotatable bonds is 8. The monoisotopic (exact) mass is 369 g/mol. The molecule has 0 aliphatic rings. The molecule has 0 aliphatic heterocycles. The number of aromatic nitrogens is 2. The van der Waals surface area contributed by atoms with Gasteiger partial charge in [-0.25, -0.2) is 4.68 Å². The standard InChI is InChI=1S/C17H18F3N3O3/c18-17(19,20)12-26-10-4-9-21-16(25)14-7-8-15(24)23(22-14)11-13-5-2-1-3-6-13/h1-3,5-8H,4,9-12H2,(H,21,25). The van der Waals surface area contributed by atoms with E-state index >= 15 is 0 Å². The summed E-state index contributed by atoms with van der Waals surface area (Å²) in [5, 5.41) is 6.56. The molecule has 1 aromatic carbocycles. The van der Waals surface area contributed by atoms with E-state index in [4.69, 9.17) is 0 Å². The first-order valence-electron chi connectivity index (χ1n) is 7.90. The van der Waals surface area contributed by atoms with Crippen molar-refractivity contribution in [3.05, 3.63) is 64.1 Å². The van der Waals surface area contributed by atoms with Crippen molar-refractivity contribution in [2.45, 2.75) is 19.1 Å². The Morgan fingerprint density at radius 2 is 1.88 bits per heavy atom. The van der Waals surface area contributed by atoms with Gasteiger partial charge in [0.15, 0.2) is 0 Å². The molecule has 2 rings (SSSR count). The van der Waals surface area contributed by atoms with E-state index in [9.17, 15) is 22.8 Å². The molecule has 140 valence electrons. The fraction of sp³-hybridized carbons (Fsp3) is 0.353. The highest BCUT2D eigenvalue weighted by Gasteiger charge is 2.27. The van der Waals surface area contributed by atoms with Gasteiger partial charge in [-0.3, -0.25) is 9.59 Å². The number of halogens is 3. The van der Waals surface area contributed by atoms with Crippen molar-refractivity contribution in [1.29, 1.82) is 0 Å². The Hall–Kier alpha value is -2.68. The van der Waals surface area contributed by atoms with E-state index in [-0.39, 0.29) is 37.4 Å². The van der Waals surface area contributed by atoms with Gasteiger partial charge >= 0.3 is 6.18 Å². The molecular weight excluding hydrogens is 351 g/mol. The van der Waals surface area contributed by atoms with E-state index in [1.54, 1.807) is 0 Å². The zero-order chi connectivity index (χ0) is 19.0. The van der Waals surface area contributed by atoms with Gasteiger partial charge in [-0.2, -0.15) is 18.3 Å². The lowest BCUT2D eigenvalue weighted by Crippen LogP contribution is -2.30. The third kappa shape index (κ3) is 6.67. The lowest BCUT2D eigenvalue weighted by atomic mass is 10.2. The highest BCUT2D eigenvalue weighted by Crippen LogP contribution is 2.14. The van der Waals surface area contributed by atoms with Crippen molar-refractivity contribution in [2.75, 3.05) is 19.8 Å². The largest absolute Gasteiger partial charge is 0.411 e. The van der Waals surface area contributed by atoms with E-state index in [2.05, 4.69) is 15.2 Å². The molecule has 1 aromatic heterocycles. The van der Waals surface area contributed by atoms with Gasteiger partial charge in [-0.05, 0) is 18.1 Å². The van der Waals surface area contributed by atoms with Crippen LogP contribution in [-0.2, 0) is 11.3 Å². The molecule has 0 saturated carbocycles. The van der Waals surface area contributed by atoms with E-state index < -0.39 is 18.7 Å². The molecule has 1 heterocycles. The van der Waals surface area contributed by atoms with Crippen LogP contribution < -0.4 is 10.9 Å². The van der Waals surface area contributed by atoms with Gasteiger partial charge in [-0.1, -0.05) is 30.3 Å². The predicted octanol–water partition coefficient (Wildman–Crippen LogP) is 1.99. The van der Waals surface area contributed by atoms with Crippen LogP contribution in [0.4, 0.5) is 13.2 Å². The fourth-order valence-electron chi connectivity index (χ4n) is 2.09. The molecule has 6 nitrogen and oxygen atoms in total. The molecule has 0 radical (unpaired) electrons. The van der Waals surface area contributed by atoms with Gasteiger partial charge in [0.2, 0.25) is 0 Å². The molecule has 0 unspecified atom stereocenters. The maximum absolute atomic E-state index is 12.0. The second-order valence-corrected chi connectivity index (χ2v) is 5.48. The van der Waals surface area contributed by atoms with Crippen LogP contribution in [0.5, 0.6) is 0 Å². The van der Waals surface area contributed by atoms with Gasteiger partial charge < -0.3 is 10.1 Å². The van der Waals surface area contributed by atoms with Crippen molar-refractivity contribution in [3.8, 4) is 0 Å². The minimum atomic E-state index is -4.36. The Kier molecular flexibility index (Phi) is 6.90. The van der Waals surface area contributed by atoms with Crippen molar-refractivity contribution < 1.29 is 22.7 Å². The molecule has 1 N–H and O–H groups in total. The van der Waals surface area contributed by atoms with Crippen LogP contribution >= 0.6 is 0 Å². The van der Waals surface area contributed by atoms with Crippen molar-refractivity contribution in [3.63, 3.8) is 0 Å². The summed E-state index contributed by atoms with van der Waals surface area (Å²) < 4.78 is 41.4. The summed E-state index contributed by atoms with van der Waals surface area (Å²) in [6.45, 7) is -1.07. The summed E-state index contributed by atoms with van der Waals surface area (Å²) in [7, 11) is 0. The summed E-state index contributed by atoms with van der Waals surface area (Å²) in [4.78, 5) is 23.9. The average molecular weight is 369 g/mol. The third-order valence-corrected chi connectivity index (χ3v) is 3.29. The lowest BCUT2D eigenvalue weighted by molar-refractivity contribution is -0.173. The fourth-order valence-corrected chi connectivity index (χ4v) is 2.09. The molecule has 0 aliphatic carbocycles. The normalized spacial score (nSPS) is 11.3. The minimum absolute atomic E-state index is 0.0525. The first-order valence-corrected chi connectivity index (χ1v) is 7.90. The molecular formula is C17H18F3N3O3. The Morgan fingerprint density at radius 3 is 2.58 bits per heavy atom. The van der Waals surface area contributed by atoms with E-state index in [0.29, 0.717) is 0 Å². The predicted molar refractivity (Wildman–Crippen MR) is 87.9 cm³/mol. The quantitative estimate of drug-likeness (QED) is 0.723. The van der Waals surface area contributed by atoms with Gasteiger partial charge in [0, 0.05) is 19.2 Å². The Labute approximate surface area is 147 Å². The van der Waals surface area contributed by atoms with Crippen molar-refractivity contribution in [1.82, 2.24) is 15.1 Å². The summed E-state index contributed by atoms with van der Waals surface area (Å²) in [6.07, 6.45) is -4.13. The average Bonchev–Trinajstić information content (AvgIpc) is 2.59. The van der Waals surface area contributed by atoms with Crippen LogP contribution in [0.1, 0.15) is 22.5 Å². The number of hydrogen-bond acceptors (Lipinski definition) is 4. The molecule has 0 spiro atoms. The van der Waals surface area contributed by atoms with E-state index in [0.717, 1.165) is 5.56 Å². The number of ether oxygens (including phenoxy) is 1. The molecule has 2 aromatic rings. The maximum Gasteiger partial charge on any atom is 0.411 e. The lowest BCUT2D eigenvalue weighted by Gasteiger charge is -2.09. The highest BCUT2D eigenvalue weighted by molar-refractivity contribution is 5.91. The Bertz CT molecular complexity index is 776. The first kappa shape index (κ1) is 19.6. The number of amides is 1. The van der Waals surface area contributed by atoms with Gasteiger partial charge in [0.1, 0.15) is 12.3 Å². The molecule has 0 saturated heterocycles. The number of carbonyl (C=O) groups is 1. The van der Waals surface area contributed by atoms with Crippen molar-refractivity contribution >= 4 is 5.91 Å². The third-order valence-electron chi connectivity index (χ3n) is 3.29. The van der Waals surface area contributed by atoms with Crippen LogP contribution in [0, 0.1) is 0 Å². The smallest absolute Gasteiger partial charge is 0.372 e. The second kappa shape index (κ2) is 9.14. The summed E-state index contributed by atoms with van der Waals surface area (Å²) in [5.74, 6) is -0.511. The number of nitrogens with one attached hydrogen (secondary N) is 1. The van der Waals surface area contributed by atoms with Crippen LogP contribution in [0.3, 0.4) is 0 Å². The molecule has 26 heavy (non-hydrogen) atoms. The number of benzene rings is 1. The second-order valence-electron chi connectivity index (χ2n) is 5.48. The SMILES string of the molecule is O=C(NCCCOCC(F)(F)F)c1ccc(=O)n(Cc2ccccc2)n1. The summed E-state index contributed by atoms with van der Waals surface area (Å²) in [5.41, 5.74) is 0.573.